The van der Waals surface area contributed by atoms with E-state index in [9.17, 15) is 9.90 Å². The number of phenols is 1. The summed E-state index contributed by atoms with van der Waals surface area (Å²) in [5.41, 5.74) is 12.0. The maximum Gasteiger partial charge on any atom is 0.321 e. The van der Waals surface area contributed by atoms with E-state index in [1.165, 1.54) is 6.33 Å². The Morgan fingerprint density at radius 2 is 1.82 bits per heavy atom. The molecule has 0 saturated carbocycles. The average Bonchev–Trinajstić information content (AvgIpc) is 3.24. The van der Waals surface area contributed by atoms with Gasteiger partial charge in [0.1, 0.15) is 17.8 Å². The number of phenolic OH excluding ortho intramolecular Hbond substituents is 1. The zero-order chi connectivity index (χ0) is 27.7. The molecule has 0 spiro atoms. The molecule has 0 aliphatic heterocycles. The normalized spacial score (nSPS) is 10.9. The van der Waals surface area contributed by atoms with Crippen LogP contribution in [0, 0.1) is 0 Å². The van der Waals surface area contributed by atoms with Crippen molar-refractivity contribution in [3.63, 3.8) is 0 Å². The van der Waals surface area contributed by atoms with Gasteiger partial charge in [0, 0.05) is 36.3 Å². The van der Waals surface area contributed by atoms with Crippen molar-refractivity contribution in [1.29, 1.82) is 0 Å². The van der Waals surface area contributed by atoms with Crippen molar-refractivity contribution < 1.29 is 14.6 Å². The van der Waals surface area contributed by atoms with E-state index in [1.807, 2.05) is 48.9 Å². The van der Waals surface area contributed by atoms with Gasteiger partial charge in [-0.3, -0.25) is 4.79 Å². The second-order valence-electron chi connectivity index (χ2n) is 9.02. The number of aryl methyl sites for hydroxylation is 2. The maximum absolute atomic E-state index is 12.1. The van der Waals surface area contributed by atoms with E-state index in [0.29, 0.717) is 40.1 Å². The molecular weight excluding hydrogens is 494 g/mol. The molecule has 2 aromatic carbocycles. The molecule has 0 atom stereocenters. The number of rotatable bonds is 7. The van der Waals surface area contributed by atoms with Crippen LogP contribution in [0.3, 0.4) is 0 Å². The zero-order valence-electron chi connectivity index (χ0n) is 21.8. The van der Waals surface area contributed by atoms with Gasteiger partial charge in [0.2, 0.25) is 0 Å². The third kappa shape index (κ3) is 4.75. The van der Waals surface area contributed by atoms with Crippen LogP contribution in [0.4, 0.5) is 11.5 Å². The molecule has 0 saturated heterocycles. The molecule has 0 aliphatic rings. The number of amides is 1. The topological polar surface area (TPSA) is 141 Å². The van der Waals surface area contributed by atoms with Crippen LogP contribution >= 0.6 is 0 Å². The first-order valence-corrected chi connectivity index (χ1v) is 12.3. The first kappa shape index (κ1) is 25.4. The highest BCUT2D eigenvalue weighted by molar-refractivity contribution is 6.08. The lowest BCUT2D eigenvalue weighted by Gasteiger charge is -2.15. The third-order valence-electron chi connectivity index (χ3n) is 6.35. The van der Waals surface area contributed by atoms with Gasteiger partial charge in [-0.1, -0.05) is 25.6 Å². The smallest absolute Gasteiger partial charge is 0.321 e. The Morgan fingerprint density at radius 3 is 2.49 bits per heavy atom. The Bertz CT molecular complexity index is 1710. The van der Waals surface area contributed by atoms with Crippen LogP contribution in [-0.4, -0.2) is 35.5 Å². The molecule has 0 aliphatic carbocycles. The molecule has 1 amide bonds. The summed E-state index contributed by atoms with van der Waals surface area (Å²) in [6.45, 7) is 7.30. The number of nitrogen functional groups attached to an aromatic ring is 1. The molecule has 5 aromatic rings. The number of benzene rings is 2. The van der Waals surface area contributed by atoms with Crippen molar-refractivity contribution in [2.75, 3.05) is 11.1 Å². The van der Waals surface area contributed by atoms with Gasteiger partial charge in [-0.05, 0) is 60.4 Å². The number of nitrogens with one attached hydrogen (secondary N) is 1. The van der Waals surface area contributed by atoms with Crippen molar-refractivity contribution >= 4 is 28.4 Å². The molecule has 196 valence electrons. The van der Waals surface area contributed by atoms with E-state index < -0.39 is 0 Å². The predicted molar refractivity (Wildman–Crippen MR) is 150 cm³/mol. The number of hydrogen-bond donors (Lipinski definition) is 3. The van der Waals surface area contributed by atoms with Gasteiger partial charge < -0.3 is 25.5 Å². The fourth-order valence-corrected chi connectivity index (χ4v) is 4.47. The number of aromatic hydroxyl groups is 1. The van der Waals surface area contributed by atoms with Crippen LogP contribution in [0.25, 0.3) is 33.4 Å². The van der Waals surface area contributed by atoms with E-state index in [1.54, 1.807) is 31.5 Å². The van der Waals surface area contributed by atoms with Crippen molar-refractivity contribution in [2.24, 2.45) is 7.05 Å². The molecule has 10 nitrogen and oxygen atoms in total. The Labute approximate surface area is 224 Å². The SMILES string of the molecule is C=C(C)C(=O)Nc1ccc(-c2c(-c3cc(O)c(Oc4ncccn4)c(CC)c3)c3c(N)ncnc3n2C)cc1. The molecule has 5 rings (SSSR count). The third-order valence-corrected chi connectivity index (χ3v) is 6.35. The zero-order valence-corrected chi connectivity index (χ0v) is 21.8. The van der Waals surface area contributed by atoms with Gasteiger partial charge in [-0.25, -0.2) is 19.9 Å². The van der Waals surface area contributed by atoms with Gasteiger partial charge >= 0.3 is 6.01 Å². The molecule has 4 N–H and O–H groups in total. The quantitative estimate of drug-likeness (QED) is 0.247. The largest absolute Gasteiger partial charge is 0.504 e. The number of fused-ring (bicyclic) bond motifs is 1. The number of carbonyl (C=O) groups excluding carboxylic acids is 1. The van der Waals surface area contributed by atoms with Crippen LogP contribution in [-0.2, 0) is 18.3 Å². The fourth-order valence-electron chi connectivity index (χ4n) is 4.47. The highest BCUT2D eigenvalue weighted by Crippen LogP contribution is 2.45. The molecule has 10 heteroatoms. The molecule has 0 unspecified atom stereocenters. The first-order valence-electron chi connectivity index (χ1n) is 12.3. The summed E-state index contributed by atoms with van der Waals surface area (Å²) in [5, 5.41) is 14.6. The second kappa shape index (κ2) is 10.3. The lowest BCUT2D eigenvalue weighted by molar-refractivity contribution is -0.112. The summed E-state index contributed by atoms with van der Waals surface area (Å²) >= 11 is 0. The van der Waals surface area contributed by atoms with E-state index in [0.717, 1.165) is 22.4 Å². The Hall–Kier alpha value is -5.25. The van der Waals surface area contributed by atoms with Crippen molar-refractivity contribution in [3.8, 4) is 39.9 Å². The first-order chi connectivity index (χ1) is 18.8. The number of carbonyl (C=O) groups is 1. The minimum atomic E-state index is -0.248. The van der Waals surface area contributed by atoms with E-state index in [2.05, 4.69) is 31.8 Å². The van der Waals surface area contributed by atoms with E-state index >= 15 is 0 Å². The van der Waals surface area contributed by atoms with E-state index in [-0.39, 0.29) is 23.4 Å². The monoisotopic (exact) mass is 521 g/mol. The van der Waals surface area contributed by atoms with Crippen LogP contribution in [0.2, 0.25) is 0 Å². The summed E-state index contributed by atoms with van der Waals surface area (Å²) < 4.78 is 7.79. The summed E-state index contributed by atoms with van der Waals surface area (Å²) in [6.07, 6.45) is 5.14. The molecule has 3 aromatic heterocycles. The number of aromatic nitrogens is 5. The highest BCUT2D eigenvalue weighted by atomic mass is 16.5. The number of anilines is 2. The molecule has 39 heavy (non-hydrogen) atoms. The Morgan fingerprint density at radius 1 is 1.10 bits per heavy atom. The maximum atomic E-state index is 12.1. The van der Waals surface area contributed by atoms with Crippen molar-refractivity contribution in [3.05, 3.63) is 78.9 Å². The second-order valence-corrected chi connectivity index (χ2v) is 9.02. The lowest BCUT2D eigenvalue weighted by atomic mass is 9.95. The molecular formula is C29H27N7O3. The van der Waals surface area contributed by atoms with Gasteiger partial charge in [0.25, 0.3) is 5.91 Å². The minimum absolute atomic E-state index is 0.0620. The summed E-state index contributed by atoms with van der Waals surface area (Å²) in [5.74, 6) is 0.295. The minimum Gasteiger partial charge on any atom is -0.504 e. The molecule has 0 radical (unpaired) electrons. The number of ether oxygens (including phenoxy) is 1. The van der Waals surface area contributed by atoms with Gasteiger partial charge in [-0.2, -0.15) is 0 Å². The summed E-state index contributed by atoms with van der Waals surface area (Å²) in [4.78, 5) is 29.0. The highest BCUT2D eigenvalue weighted by Gasteiger charge is 2.24. The molecule has 0 fully saturated rings. The van der Waals surface area contributed by atoms with Gasteiger partial charge in [-0.15, -0.1) is 0 Å². The van der Waals surface area contributed by atoms with Crippen molar-refractivity contribution in [1.82, 2.24) is 24.5 Å². The predicted octanol–water partition coefficient (Wildman–Crippen LogP) is 5.25. The van der Waals surface area contributed by atoms with Crippen LogP contribution in [0.15, 0.2) is 73.3 Å². The Kier molecular flexibility index (Phi) is 6.68. The summed E-state index contributed by atoms with van der Waals surface area (Å²) in [6, 6.07) is 12.8. The van der Waals surface area contributed by atoms with Gasteiger partial charge in [0.15, 0.2) is 11.5 Å². The summed E-state index contributed by atoms with van der Waals surface area (Å²) in [7, 11) is 1.90. The lowest BCUT2D eigenvalue weighted by Crippen LogP contribution is -2.11. The number of nitrogens with zero attached hydrogens (tertiary/aromatic N) is 5. The number of nitrogens with two attached hydrogens (primary N) is 1. The standard InChI is InChI=1S/C29H27N7O3/c1-5-17-13-19(14-21(37)25(17)39-29-31-11-6-12-32-29)22-23-26(30)33-15-34-27(23)36(4)24(22)18-7-9-20(10-8-18)35-28(38)16(2)3/h6-15,37H,2,5H2,1,3-4H3,(H,35,38)(H2,30,33,34). The van der Waals surface area contributed by atoms with Gasteiger partial charge in [0.05, 0.1) is 11.1 Å². The van der Waals surface area contributed by atoms with Crippen LogP contribution in [0.1, 0.15) is 19.4 Å². The molecule has 3 heterocycles. The van der Waals surface area contributed by atoms with Crippen molar-refractivity contribution in [2.45, 2.75) is 20.3 Å². The average molecular weight is 522 g/mol. The fraction of sp³-hybridized carbons (Fsp3) is 0.138. The van der Waals surface area contributed by atoms with Crippen LogP contribution < -0.4 is 15.8 Å². The van der Waals surface area contributed by atoms with E-state index in [4.69, 9.17) is 10.5 Å². The van der Waals surface area contributed by atoms with Crippen LogP contribution in [0.5, 0.6) is 17.5 Å². The molecule has 0 bridgehead atoms. The number of hydrogen-bond acceptors (Lipinski definition) is 8. The Balaban J connectivity index is 1.68.